The molecule has 0 amide bonds. The molecule has 0 saturated heterocycles. The molecule has 0 spiro atoms. The van der Waals surface area contributed by atoms with Gasteiger partial charge in [-0.25, -0.2) is 0 Å². The maximum Gasteiger partial charge on any atom is 0.0584 e. The van der Waals surface area contributed by atoms with Crippen molar-refractivity contribution in [3.05, 3.63) is 0 Å². The Hall–Kier alpha value is 0.270. The highest BCUT2D eigenvalue weighted by atomic mass is 32.2. The molecule has 0 rings (SSSR count). The van der Waals surface area contributed by atoms with Crippen LogP contribution in [0.15, 0.2) is 0 Å². The monoisotopic (exact) mass is 177 g/mol. The smallest absolute Gasteiger partial charge is 0.0584 e. The molecular weight excluding hydrogens is 158 g/mol. The molecular formula is C8H19NOS. The van der Waals surface area contributed by atoms with E-state index in [9.17, 15) is 0 Å². The summed E-state index contributed by atoms with van der Waals surface area (Å²) in [7, 11) is 2.06. The second kappa shape index (κ2) is 6.95. The van der Waals surface area contributed by atoms with Crippen molar-refractivity contribution in [3.8, 4) is 0 Å². The van der Waals surface area contributed by atoms with E-state index in [1.165, 1.54) is 12.2 Å². The fraction of sp³-hybridized carbons (Fsp3) is 1.00. The lowest BCUT2D eigenvalue weighted by atomic mass is 10.3. The molecule has 1 atom stereocenters. The Bertz CT molecular complexity index is 90.2. The Morgan fingerprint density at radius 2 is 2.18 bits per heavy atom. The third-order valence-electron chi connectivity index (χ3n) is 1.88. The molecule has 1 N–H and O–H groups in total. The van der Waals surface area contributed by atoms with Crippen LogP contribution in [0.1, 0.15) is 13.3 Å². The maximum atomic E-state index is 8.81. The standard InChI is InChI=1S/C8H19NOS/c1-8(7-10)9(2)5-4-6-11-3/h8,10H,4-7H2,1-3H3. The number of nitrogens with zero attached hydrogens (tertiary/aromatic N) is 1. The van der Waals surface area contributed by atoms with E-state index in [0.29, 0.717) is 6.04 Å². The minimum Gasteiger partial charge on any atom is -0.395 e. The molecule has 0 saturated carbocycles. The highest BCUT2D eigenvalue weighted by molar-refractivity contribution is 7.98. The van der Waals surface area contributed by atoms with E-state index in [-0.39, 0.29) is 6.61 Å². The Balaban J connectivity index is 3.28. The average Bonchev–Trinajstić information content (AvgIpc) is 2.03. The first-order valence-corrected chi connectivity index (χ1v) is 5.41. The second-order valence-corrected chi connectivity index (χ2v) is 3.84. The lowest BCUT2D eigenvalue weighted by Crippen LogP contribution is -2.32. The van der Waals surface area contributed by atoms with Crippen molar-refractivity contribution in [2.45, 2.75) is 19.4 Å². The molecule has 0 aromatic carbocycles. The van der Waals surface area contributed by atoms with E-state index >= 15 is 0 Å². The van der Waals surface area contributed by atoms with E-state index in [2.05, 4.69) is 18.2 Å². The Kier molecular flexibility index (Phi) is 7.12. The number of thioether (sulfide) groups is 1. The third kappa shape index (κ3) is 5.53. The van der Waals surface area contributed by atoms with Crippen molar-refractivity contribution in [1.82, 2.24) is 4.90 Å². The summed E-state index contributed by atoms with van der Waals surface area (Å²) in [5.74, 6) is 1.21. The predicted molar refractivity (Wildman–Crippen MR) is 52.2 cm³/mol. The fourth-order valence-corrected chi connectivity index (χ4v) is 1.24. The third-order valence-corrected chi connectivity index (χ3v) is 2.57. The molecule has 0 aliphatic rings. The summed E-state index contributed by atoms with van der Waals surface area (Å²) in [6.45, 7) is 3.39. The number of aliphatic hydroxyl groups excluding tert-OH is 1. The molecule has 2 nitrogen and oxygen atoms in total. The minimum atomic E-state index is 0.260. The summed E-state index contributed by atoms with van der Waals surface area (Å²) >= 11 is 1.87. The van der Waals surface area contributed by atoms with Crippen LogP contribution in [-0.4, -0.2) is 48.3 Å². The number of aliphatic hydroxyl groups is 1. The van der Waals surface area contributed by atoms with Gasteiger partial charge in [0.05, 0.1) is 6.61 Å². The van der Waals surface area contributed by atoms with Crippen molar-refractivity contribution >= 4 is 11.8 Å². The molecule has 11 heavy (non-hydrogen) atoms. The van der Waals surface area contributed by atoms with Gasteiger partial charge in [0.2, 0.25) is 0 Å². The first-order valence-electron chi connectivity index (χ1n) is 4.02. The van der Waals surface area contributed by atoms with Crippen molar-refractivity contribution in [2.24, 2.45) is 0 Å². The van der Waals surface area contributed by atoms with Crippen molar-refractivity contribution in [2.75, 3.05) is 32.2 Å². The largest absolute Gasteiger partial charge is 0.395 e. The molecule has 0 aliphatic heterocycles. The van der Waals surface area contributed by atoms with Gasteiger partial charge in [0, 0.05) is 6.04 Å². The van der Waals surface area contributed by atoms with Crippen LogP contribution in [0.2, 0.25) is 0 Å². The summed E-state index contributed by atoms with van der Waals surface area (Å²) in [5.41, 5.74) is 0. The van der Waals surface area contributed by atoms with Crippen LogP contribution in [0.4, 0.5) is 0 Å². The normalized spacial score (nSPS) is 13.9. The lowest BCUT2D eigenvalue weighted by molar-refractivity contribution is 0.160. The van der Waals surface area contributed by atoms with Crippen LogP contribution in [0.25, 0.3) is 0 Å². The summed E-state index contributed by atoms with van der Waals surface area (Å²) in [4.78, 5) is 2.19. The Morgan fingerprint density at radius 3 is 2.64 bits per heavy atom. The molecule has 68 valence electrons. The van der Waals surface area contributed by atoms with Gasteiger partial charge in [0.15, 0.2) is 0 Å². The second-order valence-electron chi connectivity index (χ2n) is 2.86. The van der Waals surface area contributed by atoms with Gasteiger partial charge in [0.25, 0.3) is 0 Å². The van der Waals surface area contributed by atoms with Crippen LogP contribution in [0.5, 0.6) is 0 Å². The van der Waals surface area contributed by atoms with E-state index < -0.39 is 0 Å². The zero-order valence-corrected chi connectivity index (χ0v) is 8.52. The van der Waals surface area contributed by atoms with Gasteiger partial charge >= 0.3 is 0 Å². The van der Waals surface area contributed by atoms with Gasteiger partial charge in [-0.15, -0.1) is 0 Å². The first-order chi connectivity index (χ1) is 5.22. The van der Waals surface area contributed by atoms with Gasteiger partial charge in [-0.05, 0) is 38.9 Å². The quantitative estimate of drug-likeness (QED) is 0.614. The van der Waals surface area contributed by atoms with Crippen LogP contribution >= 0.6 is 11.8 Å². The molecule has 0 heterocycles. The highest BCUT2D eigenvalue weighted by Gasteiger charge is 2.05. The van der Waals surface area contributed by atoms with E-state index in [0.717, 1.165) is 6.54 Å². The SMILES string of the molecule is CSCCCN(C)C(C)CO. The minimum absolute atomic E-state index is 0.260. The average molecular weight is 177 g/mol. The van der Waals surface area contributed by atoms with Crippen LogP contribution < -0.4 is 0 Å². The molecule has 3 heteroatoms. The molecule has 1 unspecified atom stereocenters. The maximum absolute atomic E-state index is 8.81. The summed E-state index contributed by atoms with van der Waals surface area (Å²) < 4.78 is 0. The van der Waals surface area contributed by atoms with Crippen molar-refractivity contribution in [1.29, 1.82) is 0 Å². The van der Waals surface area contributed by atoms with Crippen LogP contribution in [-0.2, 0) is 0 Å². The van der Waals surface area contributed by atoms with Gasteiger partial charge in [-0.2, -0.15) is 11.8 Å². The Morgan fingerprint density at radius 1 is 1.55 bits per heavy atom. The lowest BCUT2D eigenvalue weighted by Gasteiger charge is -2.22. The van der Waals surface area contributed by atoms with Crippen LogP contribution in [0, 0.1) is 0 Å². The van der Waals surface area contributed by atoms with E-state index in [1.807, 2.05) is 18.7 Å². The van der Waals surface area contributed by atoms with E-state index in [4.69, 9.17) is 5.11 Å². The molecule has 0 aromatic rings. The highest BCUT2D eigenvalue weighted by Crippen LogP contribution is 1.99. The predicted octanol–water partition coefficient (Wildman–Crippen LogP) is 1.05. The zero-order valence-electron chi connectivity index (χ0n) is 7.71. The molecule has 0 fully saturated rings. The molecule has 0 bridgehead atoms. The van der Waals surface area contributed by atoms with E-state index in [1.54, 1.807) is 0 Å². The van der Waals surface area contributed by atoms with Gasteiger partial charge in [0.1, 0.15) is 0 Å². The van der Waals surface area contributed by atoms with Gasteiger partial charge < -0.3 is 10.0 Å². The first kappa shape index (κ1) is 11.3. The number of rotatable bonds is 6. The summed E-state index contributed by atoms with van der Waals surface area (Å²) in [6, 6.07) is 0.303. The summed E-state index contributed by atoms with van der Waals surface area (Å²) in [5, 5.41) is 8.81. The zero-order chi connectivity index (χ0) is 8.69. The van der Waals surface area contributed by atoms with Gasteiger partial charge in [-0.3, -0.25) is 0 Å². The summed E-state index contributed by atoms with van der Waals surface area (Å²) in [6.07, 6.45) is 3.33. The van der Waals surface area contributed by atoms with Gasteiger partial charge in [-0.1, -0.05) is 0 Å². The number of hydrogen-bond acceptors (Lipinski definition) is 3. The molecule has 0 radical (unpaired) electrons. The Labute approximate surface area is 74.0 Å². The fourth-order valence-electron chi connectivity index (χ4n) is 0.818. The number of likely N-dealkylation sites (N-methyl/N-ethyl adjacent to an activating group) is 1. The van der Waals surface area contributed by atoms with Crippen molar-refractivity contribution < 1.29 is 5.11 Å². The topological polar surface area (TPSA) is 23.5 Å². The number of hydrogen-bond donors (Lipinski definition) is 1. The molecule has 0 aromatic heterocycles. The molecule has 0 aliphatic carbocycles. The van der Waals surface area contributed by atoms with Crippen LogP contribution in [0.3, 0.4) is 0 Å². The van der Waals surface area contributed by atoms with Crippen molar-refractivity contribution in [3.63, 3.8) is 0 Å².